The molecule has 160 valence electrons. The molecule has 3 N–H and O–H groups in total. The summed E-state index contributed by atoms with van der Waals surface area (Å²) in [6, 6.07) is 18.2. The van der Waals surface area contributed by atoms with Crippen LogP contribution in [0.2, 0.25) is 0 Å². The number of amides is 1. The summed E-state index contributed by atoms with van der Waals surface area (Å²) in [5, 5.41) is 17.9. The zero-order chi connectivity index (χ0) is 22.6. The van der Waals surface area contributed by atoms with Gasteiger partial charge in [-0.05, 0) is 66.9 Å². The van der Waals surface area contributed by atoms with Crippen molar-refractivity contribution in [3.63, 3.8) is 0 Å². The molecule has 1 saturated carbocycles. The second kappa shape index (κ2) is 8.90. The van der Waals surface area contributed by atoms with Crippen molar-refractivity contribution in [2.45, 2.75) is 18.3 Å². The second-order valence-corrected chi connectivity index (χ2v) is 7.75. The van der Waals surface area contributed by atoms with Crippen LogP contribution in [0.25, 0.3) is 0 Å². The molecule has 1 heterocycles. The standard InChI is InChI=1S/C25H23N5O2/c1-27-21-9-6-19(25(10-11-25)24(32)18-3-2-12-28-15-18)13-22(21)30-23(31)16-29-20-7-4-17(14-26)5-8-20/h2-9,12-13,15,27,29H,10-11,16H2,1H3,(H,30,31). The minimum Gasteiger partial charge on any atom is -0.386 e. The van der Waals surface area contributed by atoms with E-state index >= 15 is 0 Å². The van der Waals surface area contributed by atoms with Crippen LogP contribution in [0.3, 0.4) is 0 Å². The Morgan fingerprint density at radius 3 is 2.50 bits per heavy atom. The summed E-state index contributed by atoms with van der Waals surface area (Å²) in [6.45, 7) is 0.0685. The molecule has 1 aliphatic carbocycles. The van der Waals surface area contributed by atoms with E-state index < -0.39 is 5.41 Å². The average Bonchev–Trinajstić information content (AvgIpc) is 3.65. The lowest BCUT2D eigenvalue weighted by atomic mass is 9.87. The predicted octanol–water partition coefficient (Wildman–Crippen LogP) is 3.96. The van der Waals surface area contributed by atoms with Crippen molar-refractivity contribution >= 4 is 28.8 Å². The highest BCUT2D eigenvalue weighted by molar-refractivity contribution is 6.06. The maximum absolute atomic E-state index is 13.1. The molecule has 1 aromatic heterocycles. The van der Waals surface area contributed by atoms with Crippen LogP contribution < -0.4 is 16.0 Å². The molecular weight excluding hydrogens is 402 g/mol. The Labute approximate surface area is 186 Å². The number of ketones is 1. The van der Waals surface area contributed by atoms with Gasteiger partial charge in [-0.3, -0.25) is 14.6 Å². The van der Waals surface area contributed by atoms with Crippen LogP contribution in [0, 0.1) is 11.3 Å². The van der Waals surface area contributed by atoms with Gasteiger partial charge in [0.2, 0.25) is 5.91 Å². The van der Waals surface area contributed by atoms with Crippen molar-refractivity contribution in [3.05, 3.63) is 83.7 Å². The van der Waals surface area contributed by atoms with E-state index in [1.165, 1.54) is 0 Å². The SMILES string of the molecule is CNc1ccc(C2(C(=O)c3cccnc3)CC2)cc1NC(=O)CNc1ccc(C#N)cc1. The van der Waals surface area contributed by atoms with E-state index in [0.29, 0.717) is 16.8 Å². The fourth-order valence-electron chi connectivity index (χ4n) is 3.75. The number of anilines is 3. The topological polar surface area (TPSA) is 107 Å². The van der Waals surface area contributed by atoms with Gasteiger partial charge in [0.15, 0.2) is 5.78 Å². The molecule has 32 heavy (non-hydrogen) atoms. The Morgan fingerprint density at radius 2 is 1.88 bits per heavy atom. The summed E-state index contributed by atoms with van der Waals surface area (Å²) in [4.78, 5) is 29.8. The number of pyridine rings is 1. The Bertz CT molecular complexity index is 1180. The number of benzene rings is 2. The fourth-order valence-corrected chi connectivity index (χ4v) is 3.75. The van der Waals surface area contributed by atoms with Crippen LogP contribution in [-0.4, -0.2) is 30.3 Å². The number of hydrogen-bond acceptors (Lipinski definition) is 6. The molecule has 0 bridgehead atoms. The maximum Gasteiger partial charge on any atom is 0.243 e. The summed E-state index contributed by atoms with van der Waals surface area (Å²) >= 11 is 0. The molecule has 1 fully saturated rings. The third-order valence-corrected chi connectivity index (χ3v) is 5.69. The largest absolute Gasteiger partial charge is 0.386 e. The van der Waals surface area contributed by atoms with Crippen LogP contribution in [0.4, 0.5) is 17.1 Å². The summed E-state index contributed by atoms with van der Waals surface area (Å²) in [5.74, 6) is -0.158. The molecule has 4 rings (SSSR count). The summed E-state index contributed by atoms with van der Waals surface area (Å²) in [6.07, 6.45) is 4.79. The monoisotopic (exact) mass is 425 g/mol. The summed E-state index contributed by atoms with van der Waals surface area (Å²) in [5.41, 5.74) is 3.63. The lowest BCUT2D eigenvalue weighted by molar-refractivity contribution is -0.114. The number of carbonyl (C=O) groups is 2. The van der Waals surface area contributed by atoms with Crippen LogP contribution >= 0.6 is 0 Å². The third kappa shape index (κ3) is 4.30. The Morgan fingerprint density at radius 1 is 1.09 bits per heavy atom. The van der Waals surface area contributed by atoms with Crippen molar-refractivity contribution in [1.29, 1.82) is 5.26 Å². The van der Waals surface area contributed by atoms with E-state index in [1.54, 1.807) is 55.8 Å². The summed E-state index contributed by atoms with van der Waals surface area (Å²) in [7, 11) is 1.79. The van der Waals surface area contributed by atoms with Crippen molar-refractivity contribution < 1.29 is 9.59 Å². The van der Waals surface area contributed by atoms with Gasteiger partial charge < -0.3 is 16.0 Å². The maximum atomic E-state index is 13.1. The van der Waals surface area contributed by atoms with Gasteiger partial charge in [0, 0.05) is 30.7 Å². The normalized spacial score (nSPS) is 13.5. The fraction of sp³-hybridized carbons (Fsp3) is 0.200. The van der Waals surface area contributed by atoms with Crippen molar-refractivity contribution in [1.82, 2.24) is 4.98 Å². The lowest BCUT2D eigenvalue weighted by Crippen LogP contribution is -2.24. The minimum atomic E-state index is -0.560. The minimum absolute atomic E-state index is 0.0579. The quantitative estimate of drug-likeness (QED) is 0.472. The summed E-state index contributed by atoms with van der Waals surface area (Å²) < 4.78 is 0. The highest BCUT2D eigenvalue weighted by Gasteiger charge is 2.51. The van der Waals surface area contributed by atoms with Crippen molar-refractivity contribution in [3.8, 4) is 6.07 Å². The van der Waals surface area contributed by atoms with Gasteiger partial charge in [-0.15, -0.1) is 0 Å². The molecule has 1 aliphatic rings. The first-order chi connectivity index (χ1) is 15.6. The van der Waals surface area contributed by atoms with Crippen molar-refractivity contribution in [2.75, 3.05) is 29.5 Å². The smallest absolute Gasteiger partial charge is 0.243 e. The molecule has 0 unspecified atom stereocenters. The molecule has 0 aliphatic heterocycles. The first-order valence-corrected chi connectivity index (χ1v) is 10.4. The van der Waals surface area contributed by atoms with Gasteiger partial charge in [0.1, 0.15) is 0 Å². The van der Waals surface area contributed by atoms with Crippen LogP contribution in [-0.2, 0) is 10.2 Å². The number of nitriles is 1. The first kappa shape index (κ1) is 21.1. The molecule has 3 aromatic rings. The average molecular weight is 425 g/mol. The van der Waals surface area contributed by atoms with E-state index in [-0.39, 0.29) is 18.2 Å². The molecule has 2 aromatic carbocycles. The van der Waals surface area contributed by atoms with Crippen LogP contribution in [0.15, 0.2) is 67.0 Å². The van der Waals surface area contributed by atoms with E-state index in [0.717, 1.165) is 29.8 Å². The molecule has 0 saturated heterocycles. The van der Waals surface area contributed by atoms with Gasteiger partial charge in [-0.1, -0.05) is 6.07 Å². The van der Waals surface area contributed by atoms with Gasteiger partial charge >= 0.3 is 0 Å². The van der Waals surface area contributed by atoms with Crippen LogP contribution in [0.1, 0.15) is 34.3 Å². The Balaban J connectivity index is 1.49. The van der Waals surface area contributed by atoms with E-state index in [1.807, 2.05) is 18.2 Å². The van der Waals surface area contributed by atoms with E-state index in [4.69, 9.17) is 5.26 Å². The zero-order valence-electron chi connectivity index (χ0n) is 17.7. The van der Waals surface area contributed by atoms with Gasteiger partial charge in [-0.25, -0.2) is 0 Å². The van der Waals surface area contributed by atoms with Gasteiger partial charge in [0.05, 0.1) is 35.0 Å². The molecule has 0 radical (unpaired) electrons. The molecule has 7 heteroatoms. The number of nitrogens with zero attached hydrogens (tertiary/aromatic N) is 2. The van der Waals surface area contributed by atoms with Gasteiger partial charge in [-0.2, -0.15) is 5.26 Å². The highest BCUT2D eigenvalue weighted by Crippen LogP contribution is 2.51. The number of aromatic nitrogens is 1. The van der Waals surface area contributed by atoms with Crippen molar-refractivity contribution in [2.24, 2.45) is 0 Å². The predicted molar refractivity (Wildman–Crippen MR) is 124 cm³/mol. The van der Waals surface area contributed by atoms with Gasteiger partial charge in [0.25, 0.3) is 0 Å². The zero-order valence-corrected chi connectivity index (χ0v) is 17.7. The molecule has 1 amide bonds. The Kier molecular flexibility index (Phi) is 5.86. The number of nitrogens with one attached hydrogen (secondary N) is 3. The van der Waals surface area contributed by atoms with Crippen LogP contribution in [0.5, 0.6) is 0 Å². The molecule has 0 spiro atoms. The third-order valence-electron chi connectivity index (χ3n) is 5.69. The molecular formula is C25H23N5O2. The molecule has 7 nitrogen and oxygen atoms in total. The second-order valence-electron chi connectivity index (χ2n) is 7.75. The number of carbonyl (C=O) groups excluding carboxylic acids is 2. The number of hydrogen-bond donors (Lipinski definition) is 3. The highest BCUT2D eigenvalue weighted by atomic mass is 16.2. The number of rotatable bonds is 8. The first-order valence-electron chi connectivity index (χ1n) is 10.4. The molecule has 0 atom stereocenters. The lowest BCUT2D eigenvalue weighted by Gasteiger charge is -2.18. The van der Waals surface area contributed by atoms with E-state index in [2.05, 4.69) is 27.0 Å². The Hall–Kier alpha value is -4.18. The van der Waals surface area contributed by atoms with E-state index in [9.17, 15) is 9.59 Å². The number of Topliss-reactive ketones (excluding diaryl/α,β-unsaturated/α-hetero) is 1.